The molecule has 428 valence electrons. The second-order valence-electron chi connectivity index (χ2n) is 31.9. The van der Waals surface area contributed by atoms with Crippen LogP contribution in [0.4, 0.5) is 0 Å². The zero-order valence-electron chi connectivity index (χ0n) is 54.1. The Morgan fingerprint density at radius 2 is 0.463 bits per heavy atom. The quantitative estimate of drug-likeness (QED) is 0.172. The number of carbonyl (C=O) groups is 2. The van der Waals surface area contributed by atoms with Crippen LogP contribution in [0.15, 0.2) is 84.9 Å². The third kappa shape index (κ3) is 11.7. The fourth-order valence-electron chi connectivity index (χ4n) is 11.1. The molecule has 4 aromatic carbocycles. The summed E-state index contributed by atoms with van der Waals surface area (Å²) in [4.78, 5) is 50.3. The Balaban J connectivity index is 1.59. The molecule has 3 aliphatic heterocycles. The molecule has 6 heteroatoms. The maximum atomic E-state index is 15.6. The van der Waals surface area contributed by atoms with Gasteiger partial charge in [-0.3, -0.25) is 9.59 Å². The first kappa shape index (κ1) is 59.7. The molecule has 2 aromatic heterocycles. The van der Waals surface area contributed by atoms with Crippen molar-refractivity contribution in [2.75, 3.05) is 0 Å². The van der Waals surface area contributed by atoms with Gasteiger partial charge in [0.15, 0.2) is 0 Å². The zero-order chi connectivity index (χ0) is 60.6. The normalized spacial score (nSPS) is 14.3. The molecule has 0 unspecified atom stereocenters. The molecule has 0 atom stereocenters. The number of Topliss-reactive ketones (excluding diaryl/α,β-unsaturated/α-hetero) is 2. The lowest BCUT2D eigenvalue weighted by Crippen LogP contribution is -2.17. The van der Waals surface area contributed by atoms with Crippen molar-refractivity contribution in [1.82, 2.24) is 19.9 Å². The molecular formula is C76H92N4O2. The fraction of sp³-hybridized carbons (Fsp3) is 0.421. The van der Waals surface area contributed by atoms with E-state index in [1.807, 2.05) is 12.2 Å². The average molecular weight is 1090 g/mol. The molecule has 0 spiro atoms. The van der Waals surface area contributed by atoms with Gasteiger partial charge < -0.3 is 9.97 Å². The monoisotopic (exact) mass is 1090 g/mol. The lowest BCUT2D eigenvalue weighted by atomic mass is 9.78. The Labute approximate surface area is 491 Å². The van der Waals surface area contributed by atoms with E-state index in [0.29, 0.717) is 22.5 Å². The van der Waals surface area contributed by atoms with Crippen molar-refractivity contribution >= 4 is 46.9 Å². The predicted octanol–water partition coefficient (Wildman–Crippen LogP) is 20.5. The van der Waals surface area contributed by atoms with Crippen molar-refractivity contribution in [3.05, 3.63) is 164 Å². The topological polar surface area (TPSA) is 91.5 Å². The molecule has 5 heterocycles. The van der Waals surface area contributed by atoms with Crippen LogP contribution in [-0.2, 0) is 43.3 Å². The standard InChI is InChI=1S/C76H92N4O2/c1-69(2,3)47-31-43(32-48(39-47)70(4,5)6)61-55-25-26-56(77-55)62(44-33-49(71(7,8)9)40-50(34-44)72(10,11)12)58-28-30-60(79-58)64(46-37-53(75(19,20)21)42-54(38-46)76(22,23)24)66-68(82)67(81)65(80-66)63(59-29-27-57(61)78-59)45-35-51(73(13,14)15)41-52(36-45)74(16,17)18/h25-42,77,80H,1-24H3. The van der Waals surface area contributed by atoms with Gasteiger partial charge in [-0.1, -0.05) is 239 Å². The van der Waals surface area contributed by atoms with Crippen LogP contribution in [0.1, 0.15) is 254 Å². The van der Waals surface area contributed by atoms with Gasteiger partial charge in [0.2, 0.25) is 0 Å². The summed E-state index contributed by atoms with van der Waals surface area (Å²) in [6, 6.07) is 31.8. The SMILES string of the molecule is CC(C)(C)c1cc(-c2c3nc(c(-c4cc(C(C)(C)C)cc(C(C)(C)C)c4)c4ccc([nH]4)c(-c4cc(C(C)(C)C)cc(C(C)(C)C)c4)c4nc(c(-c5cc(C(C)(C)C)cc(C(C)(C)C)c5)c5[nH]c2C(=O)C5=O)C=C4)C=C3)cc(C(C)(C)C)c1. The number of aromatic amines is 2. The zero-order valence-corrected chi connectivity index (χ0v) is 54.1. The van der Waals surface area contributed by atoms with Crippen LogP contribution in [0, 0.1) is 0 Å². The minimum Gasteiger partial charge on any atom is -0.354 e. The smallest absolute Gasteiger partial charge is 0.251 e. The summed E-state index contributed by atoms with van der Waals surface area (Å²) in [6.45, 7) is 53.9. The van der Waals surface area contributed by atoms with E-state index in [-0.39, 0.29) is 54.7 Å². The van der Waals surface area contributed by atoms with Crippen molar-refractivity contribution in [2.45, 2.75) is 209 Å². The Morgan fingerprint density at radius 1 is 0.268 bits per heavy atom. The number of aromatic nitrogens is 4. The minimum absolute atomic E-state index is 0.167. The van der Waals surface area contributed by atoms with Gasteiger partial charge in [-0.2, -0.15) is 0 Å². The number of nitrogens with zero attached hydrogens (tertiary/aromatic N) is 2. The summed E-state index contributed by atoms with van der Waals surface area (Å²) in [7, 11) is 0. The van der Waals surface area contributed by atoms with E-state index < -0.39 is 11.6 Å². The summed E-state index contributed by atoms with van der Waals surface area (Å²) in [5.74, 6) is -1.23. The summed E-state index contributed by atoms with van der Waals surface area (Å²) in [6.07, 6.45) is 8.26. The van der Waals surface area contributed by atoms with Gasteiger partial charge in [0.05, 0.1) is 22.8 Å². The van der Waals surface area contributed by atoms with Crippen molar-refractivity contribution < 1.29 is 9.59 Å². The molecule has 6 aromatic rings. The van der Waals surface area contributed by atoms with Gasteiger partial charge in [0, 0.05) is 33.3 Å². The number of benzene rings is 4. The van der Waals surface area contributed by atoms with Crippen LogP contribution in [0.3, 0.4) is 0 Å². The van der Waals surface area contributed by atoms with E-state index >= 15 is 9.59 Å². The molecule has 0 amide bonds. The first-order chi connectivity index (χ1) is 37.5. The molecule has 0 fully saturated rings. The van der Waals surface area contributed by atoms with Crippen molar-refractivity contribution in [3.63, 3.8) is 0 Å². The maximum absolute atomic E-state index is 15.6. The molecule has 0 radical (unpaired) electrons. The summed E-state index contributed by atoms with van der Waals surface area (Å²) >= 11 is 0. The number of nitrogens with one attached hydrogen (secondary N) is 2. The molecule has 2 N–H and O–H groups in total. The van der Waals surface area contributed by atoms with E-state index in [1.54, 1.807) is 0 Å². The molecule has 9 rings (SSSR count). The molecule has 0 aliphatic carbocycles. The van der Waals surface area contributed by atoms with E-state index in [4.69, 9.17) is 9.97 Å². The minimum atomic E-state index is -0.615. The highest BCUT2D eigenvalue weighted by molar-refractivity contribution is 6.52. The van der Waals surface area contributed by atoms with Crippen molar-refractivity contribution in [1.29, 1.82) is 0 Å². The van der Waals surface area contributed by atoms with E-state index in [0.717, 1.165) is 78.1 Å². The number of carbonyl (C=O) groups excluding carboxylic acids is 2. The Morgan fingerprint density at radius 3 is 0.671 bits per heavy atom. The van der Waals surface area contributed by atoms with Gasteiger partial charge in [-0.15, -0.1) is 0 Å². The highest BCUT2D eigenvalue weighted by atomic mass is 16.2. The number of H-pyrrole nitrogens is 2. The molecular weight excluding hydrogens is 1000 g/mol. The highest BCUT2D eigenvalue weighted by Gasteiger charge is 2.36. The van der Waals surface area contributed by atoms with Crippen molar-refractivity contribution in [3.8, 4) is 44.5 Å². The lowest BCUT2D eigenvalue weighted by Gasteiger charge is -2.26. The van der Waals surface area contributed by atoms with E-state index in [1.165, 1.54) is 22.3 Å². The van der Waals surface area contributed by atoms with Gasteiger partial charge >= 0.3 is 0 Å². The van der Waals surface area contributed by atoms with Crippen LogP contribution >= 0.6 is 0 Å². The second kappa shape index (κ2) is 19.9. The number of hydrogen-bond donors (Lipinski definition) is 2. The lowest BCUT2D eigenvalue weighted by molar-refractivity contribution is 0.0826. The molecule has 6 nitrogen and oxygen atoms in total. The molecule has 0 saturated heterocycles. The number of hydrogen-bond acceptors (Lipinski definition) is 4. The number of ketones is 2. The summed E-state index contributed by atoms with van der Waals surface area (Å²) in [5, 5.41) is 0. The summed E-state index contributed by atoms with van der Waals surface area (Å²) < 4.78 is 0. The number of fused-ring (bicyclic) bond motifs is 8. The van der Waals surface area contributed by atoms with E-state index in [9.17, 15) is 0 Å². The predicted molar refractivity (Wildman–Crippen MR) is 350 cm³/mol. The van der Waals surface area contributed by atoms with Crippen LogP contribution in [0.25, 0.3) is 79.8 Å². The molecule has 3 aliphatic rings. The summed E-state index contributed by atoms with van der Waals surface area (Å²) in [5.41, 5.74) is 19.2. The van der Waals surface area contributed by atoms with Crippen LogP contribution < -0.4 is 0 Å². The third-order valence-electron chi connectivity index (χ3n) is 16.8. The fourth-order valence-corrected chi connectivity index (χ4v) is 11.1. The largest absolute Gasteiger partial charge is 0.354 e. The molecule has 8 bridgehead atoms. The van der Waals surface area contributed by atoms with Crippen molar-refractivity contribution in [2.24, 2.45) is 0 Å². The molecule has 82 heavy (non-hydrogen) atoms. The first-order valence-electron chi connectivity index (χ1n) is 29.7. The Bertz CT molecular complexity index is 3520. The van der Waals surface area contributed by atoms with Crippen LogP contribution in [0.5, 0.6) is 0 Å². The third-order valence-corrected chi connectivity index (χ3v) is 16.8. The Kier molecular flexibility index (Phi) is 14.5. The second-order valence-corrected chi connectivity index (χ2v) is 31.9. The average Bonchev–Trinajstić information content (AvgIpc) is 3.42. The maximum Gasteiger partial charge on any atom is 0.251 e. The van der Waals surface area contributed by atoms with Crippen LogP contribution in [0.2, 0.25) is 0 Å². The first-order valence-corrected chi connectivity index (χ1v) is 29.7. The van der Waals surface area contributed by atoms with E-state index in [2.05, 4.69) is 273 Å². The van der Waals surface area contributed by atoms with Gasteiger partial charge in [-0.05, 0) is 147 Å². The van der Waals surface area contributed by atoms with Gasteiger partial charge in [0.1, 0.15) is 11.4 Å². The molecule has 0 saturated carbocycles. The van der Waals surface area contributed by atoms with Gasteiger partial charge in [-0.25, -0.2) is 9.97 Å². The van der Waals surface area contributed by atoms with Gasteiger partial charge in [0.25, 0.3) is 11.6 Å². The Hall–Kier alpha value is -6.92. The highest BCUT2D eigenvalue weighted by Crippen LogP contribution is 2.45. The number of rotatable bonds is 4. The van der Waals surface area contributed by atoms with Crippen LogP contribution in [-0.4, -0.2) is 31.5 Å².